The van der Waals surface area contributed by atoms with E-state index in [1.165, 1.54) is 5.56 Å². The van der Waals surface area contributed by atoms with E-state index >= 15 is 0 Å². The second-order valence-electron chi connectivity index (χ2n) is 6.84. The van der Waals surface area contributed by atoms with Gasteiger partial charge in [0.05, 0.1) is 0 Å². The van der Waals surface area contributed by atoms with Crippen LogP contribution in [-0.4, -0.2) is 23.1 Å². The zero-order valence-electron chi connectivity index (χ0n) is 14.1. The molecule has 1 aromatic heterocycles. The standard InChI is InChI=1S/C21H22FN3/c22-18-8-6-17(7-9-18)21(10-12-23-13-11-21)14-19-15-24-20(25-19)16-4-2-1-3-5-16/h1-9,15,23H,10-14H2,(H,24,25). The van der Waals surface area contributed by atoms with E-state index in [0.29, 0.717) is 0 Å². The number of aromatic amines is 1. The maximum absolute atomic E-state index is 13.4. The minimum Gasteiger partial charge on any atom is -0.342 e. The minimum atomic E-state index is -0.180. The molecule has 0 radical (unpaired) electrons. The van der Waals surface area contributed by atoms with E-state index in [2.05, 4.69) is 27.4 Å². The Bertz CT molecular complexity index is 818. The van der Waals surface area contributed by atoms with Crippen molar-refractivity contribution in [2.45, 2.75) is 24.7 Å². The third-order valence-corrected chi connectivity index (χ3v) is 5.22. The Kier molecular flexibility index (Phi) is 4.36. The van der Waals surface area contributed by atoms with E-state index in [0.717, 1.165) is 49.4 Å². The number of imidazole rings is 1. The number of nitrogens with one attached hydrogen (secondary N) is 2. The van der Waals surface area contributed by atoms with Gasteiger partial charge in [-0.2, -0.15) is 0 Å². The van der Waals surface area contributed by atoms with Crippen LogP contribution < -0.4 is 5.32 Å². The van der Waals surface area contributed by atoms with Crippen molar-refractivity contribution in [2.75, 3.05) is 13.1 Å². The van der Waals surface area contributed by atoms with Crippen molar-refractivity contribution >= 4 is 0 Å². The minimum absolute atomic E-state index is 0.0272. The zero-order valence-corrected chi connectivity index (χ0v) is 14.1. The van der Waals surface area contributed by atoms with Crippen LogP contribution in [0.5, 0.6) is 0 Å². The molecule has 1 saturated heterocycles. The summed E-state index contributed by atoms with van der Waals surface area (Å²) >= 11 is 0. The van der Waals surface area contributed by atoms with Crippen molar-refractivity contribution in [3.8, 4) is 11.4 Å². The lowest BCUT2D eigenvalue weighted by atomic mass is 9.70. The van der Waals surface area contributed by atoms with Gasteiger partial charge in [-0.3, -0.25) is 0 Å². The Morgan fingerprint density at radius 2 is 1.68 bits per heavy atom. The second-order valence-corrected chi connectivity index (χ2v) is 6.84. The van der Waals surface area contributed by atoms with Crippen LogP contribution in [0.2, 0.25) is 0 Å². The lowest BCUT2D eigenvalue weighted by Crippen LogP contribution is -2.41. The van der Waals surface area contributed by atoms with Gasteiger partial charge in [0.25, 0.3) is 0 Å². The van der Waals surface area contributed by atoms with E-state index < -0.39 is 0 Å². The van der Waals surface area contributed by atoms with Gasteiger partial charge in [0.15, 0.2) is 0 Å². The summed E-state index contributed by atoms with van der Waals surface area (Å²) < 4.78 is 13.4. The molecule has 0 atom stereocenters. The molecule has 4 rings (SSSR count). The molecule has 0 aliphatic carbocycles. The Labute approximate surface area is 147 Å². The Balaban J connectivity index is 1.63. The van der Waals surface area contributed by atoms with Crippen LogP contribution in [0.3, 0.4) is 0 Å². The first-order valence-electron chi connectivity index (χ1n) is 8.81. The molecule has 0 unspecified atom stereocenters. The molecular weight excluding hydrogens is 313 g/mol. The van der Waals surface area contributed by atoms with Crippen LogP contribution in [-0.2, 0) is 11.8 Å². The van der Waals surface area contributed by atoms with Gasteiger partial charge >= 0.3 is 0 Å². The molecule has 1 aliphatic rings. The van der Waals surface area contributed by atoms with Crippen molar-refractivity contribution < 1.29 is 4.39 Å². The molecule has 0 spiro atoms. The highest BCUT2D eigenvalue weighted by atomic mass is 19.1. The molecular formula is C21H22FN3. The molecule has 0 amide bonds. The summed E-state index contributed by atoms with van der Waals surface area (Å²) in [6, 6.07) is 17.2. The third-order valence-electron chi connectivity index (χ3n) is 5.22. The molecule has 2 N–H and O–H groups in total. The normalized spacial score (nSPS) is 16.7. The third kappa shape index (κ3) is 3.35. The molecule has 128 valence electrons. The monoisotopic (exact) mass is 335 g/mol. The number of piperidine rings is 1. The largest absolute Gasteiger partial charge is 0.342 e. The predicted octanol–water partition coefficient (Wildman–Crippen LogP) is 4.08. The van der Waals surface area contributed by atoms with Crippen molar-refractivity contribution in [2.24, 2.45) is 0 Å². The lowest BCUT2D eigenvalue weighted by Gasteiger charge is -2.38. The molecule has 3 aromatic rings. The summed E-state index contributed by atoms with van der Waals surface area (Å²) in [5.41, 5.74) is 3.46. The van der Waals surface area contributed by atoms with Crippen molar-refractivity contribution in [1.29, 1.82) is 0 Å². The van der Waals surface area contributed by atoms with E-state index in [9.17, 15) is 4.39 Å². The number of nitrogens with zero attached hydrogens (tertiary/aromatic N) is 1. The fourth-order valence-corrected chi connectivity index (χ4v) is 3.83. The van der Waals surface area contributed by atoms with Gasteiger partial charge < -0.3 is 10.3 Å². The highest BCUT2D eigenvalue weighted by Crippen LogP contribution is 2.37. The van der Waals surface area contributed by atoms with E-state index in [1.807, 2.05) is 36.5 Å². The molecule has 2 heterocycles. The molecule has 25 heavy (non-hydrogen) atoms. The van der Waals surface area contributed by atoms with Gasteiger partial charge in [-0.05, 0) is 50.0 Å². The number of aromatic nitrogens is 2. The molecule has 0 bridgehead atoms. The van der Waals surface area contributed by atoms with Crippen molar-refractivity contribution in [3.63, 3.8) is 0 Å². The summed E-state index contributed by atoms with van der Waals surface area (Å²) in [6.45, 7) is 1.97. The molecule has 3 nitrogen and oxygen atoms in total. The van der Waals surface area contributed by atoms with Crippen LogP contribution in [0, 0.1) is 5.82 Å². The Morgan fingerprint density at radius 3 is 2.40 bits per heavy atom. The first kappa shape index (κ1) is 16.0. The molecule has 1 aliphatic heterocycles. The number of rotatable bonds is 4. The highest BCUT2D eigenvalue weighted by molar-refractivity contribution is 5.54. The summed E-state index contributed by atoms with van der Waals surface area (Å²) in [5, 5.41) is 3.44. The van der Waals surface area contributed by atoms with E-state index in [4.69, 9.17) is 0 Å². The molecule has 0 saturated carbocycles. The fourth-order valence-electron chi connectivity index (χ4n) is 3.83. The van der Waals surface area contributed by atoms with Crippen LogP contribution in [0.4, 0.5) is 4.39 Å². The first-order chi connectivity index (χ1) is 12.3. The number of H-pyrrole nitrogens is 1. The van der Waals surface area contributed by atoms with Crippen molar-refractivity contribution in [3.05, 3.63) is 77.9 Å². The number of hydrogen-bond donors (Lipinski definition) is 2. The number of halogens is 1. The Hall–Kier alpha value is -2.46. The maximum Gasteiger partial charge on any atom is 0.137 e. The van der Waals surface area contributed by atoms with Gasteiger partial charge in [-0.25, -0.2) is 9.37 Å². The summed E-state index contributed by atoms with van der Waals surface area (Å²) in [5.74, 6) is 0.722. The second kappa shape index (κ2) is 6.81. The topological polar surface area (TPSA) is 40.7 Å². The van der Waals surface area contributed by atoms with Crippen LogP contribution >= 0.6 is 0 Å². The van der Waals surface area contributed by atoms with Gasteiger partial charge in [0.1, 0.15) is 11.6 Å². The first-order valence-corrected chi connectivity index (χ1v) is 8.81. The summed E-state index contributed by atoms with van der Waals surface area (Å²) in [6.07, 6.45) is 4.91. The van der Waals surface area contributed by atoms with Crippen LogP contribution in [0.1, 0.15) is 24.1 Å². The zero-order chi connectivity index (χ0) is 17.1. The fraction of sp³-hybridized carbons (Fsp3) is 0.286. The maximum atomic E-state index is 13.4. The van der Waals surface area contributed by atoms with Gasteiger partial charge in [-0.15, -0.1) is 0 Å². The summed E-state index contributed by atoms with van der Waals surface area (Å²) in [4.78, 5) is 8.04. The number of hydrogen-bond acceptors (Lipinski definition) is 2. The van der Waals surface area contributed by atoms with Gasteiger partial charge in [0, 0.05) is 22.9 Å². The predicted molar refractivity (Wildman–Crippen MR) is 97.9 cm³/mol. The van der Waals surface area contributed by atoms with E-state index in [1.54, 1.807) is 12.1 Å². The quantitative estimate of drug-likeness (QED) is 0.754. The molecule has 2 aromatic carbocycles. The van der Waals surface area contributed by atoms with Crippen LogP contribution in [0.15, 0.2) is 60.8 Å². The SMILES string of the molecule is Fc1ccc(C2(Cc3cnc(-c4ccccc4)[nH]3)CCNCC2)cc1. The smallest absolute Gasteiger partial charge is 0.137 e. The summed E-state index contributed by atoms with van der Waals surface area (Å²) in [7, 11) is 0. The highest BCUT2D eigenvalue weighted by Gasteiger charge is 2.34. The van der Waals surface area contributed by atoms with Crippen molar-refractivity contribution in [1.82, 2.24) is 15.3 Å². The van der Waals surface area contributed by atoms with Crippen LogP contribution in [0.25, 0.3) is 11.4 Å². The van der Waals surface area contributed by atoms with Gasteiger partial charge in [0.2, 0.25) is 0 Å². The lowest BCUT2D eigenvalue weighted by molar-refractivity contribution is 0.303. The molecule has 4 heteroatoms. The number of benzene rings is 2. The average Bonchev–Trinajstić information content (AvgIpc) is 3.12. The Morgan fingerprint density at radius 1 is 0.960 bits per heavy atom. The average molecular weight is 335 g/mol. The van der Waals surface area contributed by atoms with E-state index in [-0.39, 0.29) is 11.2 Å². The van der Waals surface area contributed by atoms with Gasteiger partial charge in [-0.1, -0.05) is 42.5 Å². The molecule has 1 fully saturated rings.